The van der Waals surface area contributed by atoms with E-state index >= 15 is 0 Å². The molecule has 0 amide bonds. The van der Waals surface area contributed by atoms with Gasteiger partial charge >= 0.3 is 0 Å². The normalized spacial score (nSPS) is 17.1. The van der Waals surface area contributed by atoms with Gasteiger partial charge in [-0.25, -0.2) is 0 Å². The number of hydrogen-bond donors (Lipinski definition) is 2. The summed E-state index contributed by atoms with van der Waals surface area (Å²) in [6.45, 7) is 3.05. The van der Waals surface area contributed by atoms with Crippen molar-refractivity contribution in [3.8, 4) is 5.75 Å². The smallest absolute Gasteiger partial charge is 0.191 e. The number of para-hydroxylation sites is 1. The van der Waals surface area contributed by atoms with Crippen LogP contribution in [-0.2, 0) is 0 Å². The molecule has 1 aliphatic rings. The molecule has 1 aliphatic carbocycles. The van der Waals surface area contributed by atoms with Gasteiger partial charge in [0.05, 0.1) is 7.11 Å². The second-order valence-electron chi connectivity index (χ2n) is 6.08. The number of rotatable bonds is 5. The van der Waals surface area contributed by atoms with Gasteiger partial charge in [0, 0.05) is 25.6 Å². The lowest BCUT2D eigenvalue weighted by Crippen LogP contribution is -2.45. The van der Waals surface area contributed by atoms with Gasteiger partial charge in [-0.2, -0.15) is 0 Å². The number of halogens is 1. The molecule has 1 aromatic carbocycles. The molecule has 1 fully saturated rings. The first-order chi connectivity index (χ1) is 10.7. The molecule has 5 heteroatoms. The highest BCUT2D eigenvalue weighted by atomic mass is 127. The molecule has 1 unspecified atom stereocenters. The number of methoxy groups -OCH3 is 1. The molecule has 0 heterocycles. The molecule has 1 atom stereocenters. The van der Waals surface area contributed by atoms with E-state index in [2.05, 4.69) is 34.7 Å². The van der Waals surface area contributed by atoms with Gasteiger partial charge in [-0.3, -0.25) is 4.99 Å². The summed E-state index contributed by atoms with van der Waals surface area (Å²) >= 11 is 0. The van der Waals surface area contributed by atoms with Crippen LogP contribution in [0.3, 0.4) is 0 Å². The molecule has 1 saturated carbocycles. The minimum Gasteiger partial charge on any atom is -0.496 e. The fraction of sp³-hybridized carbons (Fsp3) is 0.611. The maximum Gasteiger partial charge on any atom is 0.191 e. The third-order valence-corrected chi connectivity index (χ3v) is 4.42. The van der Waals surface area contributed by atoms with Crippen LogP contribution in [0.25, 0.3) is 0 Å². The zero-order valence-corrected chi connectivity index (χ0v) is 16.8. The van der Waals surface area contributed by atoms with Gasteiger partial charge in [0.15, 0.2) is 5.96 Å². The predicted octanol–water partition coefficient (Wildman–Crippen LogP) is 3.91. The zero-order chi connectivity index (χ0) is 15.8. The molecule has 4 nitrogen and oxygen atoms in total. The average Bonchev–Trinajstić information content (AvgIpc) is 2.59. The predicted molar refractivity (Wildman–Crippen MR) is 108 cm³/mol. The van der Waals surface area contributed by atoms with Crippen molar-refractivity contribution in [2.45, 2.75) is 51.0 Å². The molecule has 0 radical (unpaired) electrons. The molecular formula is C18H30IN3O. The van der Waals surface area contributed by atoms with Crippen molar-refractivity contribution in [3.05, 3.63) is 29.8 Å². The first-order valence-electron chi connectivity index (χ1n) is 8.34. The van der Waals surface area contributed by atoms with E-state index in [1.165, 1.54) is 37.7 Å². The molecule has 130 valence electrons. The Balaban J connectivity index is 0.00000264. The van der Waals surface area contributed by atoms with Gasteiger partial charge in [0.2, 0.25) is 0 Å². The fourth-order valence-corrected chi connectivity index (χ4v) is 3.07. The number of aliphatic imine (C=N–C) groups is 1. The van der Waals surface area contributed by atoms with Crippen molar-refractivity contribution in [2.75, 3.05) is 20.7 Å². The van der Waals surface area contributed by atoms with Crippen molar-refractivity contribution < 1.29 is 4.74 Å². The standard InChI is InChI=1S/C18H29N3O.HI/c1-14(16-11-7-8-12-17(16)22-3)13-20-18(19-2)21-15-9-5-4-6-10-15;/h7-8,11-12,14-15H,4-6,9-10,13H2,1-3H3,(H2,19,20,21);1H. The zero-order valence-electron chi connectivity index (χ0n) is 14.5. The van der Waals surface area contributed by atoms with E-state index < -0.39 is 0 Å². The minimum atomic E-state index is 0. The number of benzene rings is 1. The van der Waals surface area contributed by atoms with Gasteiger partial charge < -0.3 is 15.4 Å². The summed E-state index contributed by atoms with van der Waals surface area (Å²) in [7, 11) is 3.56. The van der Waals surface area contributed by atoms with E-state index in [0.717, 1.165) is 18.3 Å². The van der Waals surface area contributed by atoms with Gasteiger partial charge in [-0.05, 0) is 24.5 Å². The molecule has 0 aliphatic heterocycles. The van der Waals surface area contributed by atoms with Crippen molar-refractivity contribution >= 4 is 29.9 Å². The Morgan fingerprint density at radius 3 is 2.61 bits per heavy atom. The fourth-order valence-electron chi connectivity index (χ4n) is 3.07. The quantitative estimate of drug-likeness (QED) is 0.422. The van der Waals surface area contributed by atoms with Gasteiger partial charge in [0.1, 0.15) is 5.75 Å². The van der Waals surface area contributed by atoms with Gasteiger partial charge in [-0.15, -0.1) is 24.0 Å². The largest absolute Gasteiger partial charge is 0.496 e. The lowest BCUT2D eigenvalue weighted by molar-refractivity contribution is 0.404. The number of nitrogens with one attached hydrogen (secondary N) is 2. The Labute approximate surface area is 157 Å². The Hall–Kier alpha value is -0.980. The van der Waals surface area contributed by atoms with E-state index in [0.29, 0.717) is 12.0 Å². The van der Waals surface area contributed by atoms with E-state index in [1.54, 1.807) is 7.11 Å². The second kappa shape index (κ2) is 10.7. The lowest BCUT2D eigenvalue weighted by Gasteiger charge is -2.25. The Morgan fingerprint density at radius 2 is 1.96 bits per heavy atom. The van der Waals surface area contributed by atoms with Crippen LogP contribution in [0.15, 0.2) is 29.3 Å². The summed E-state index contributed by atoms with van der Waals surface area (Å²) in [4.78, 5) is 4.35. The van der Waals surface area contributed by atoms with Crippen LogP contribution in [0.5, 0.6) is 5.75 Å². The van der Waals surface area contributed by atoms with E-state index in [-0.39, 0.29) is 24.0 Å². The van der Waals surface area contributed by atoms with Crippen LogP contribution < -0.4 is 15.4 Å². The Bertz CT molecular complexity index is 487. The van der Waals surface area contributed by atoms with Crippen molar-refractivity contribution in [1.82, 2.24) is 10.6 Å². The van der Waals surface area contributed by atoms with Crippen LogP contribution in [0.1, 0.15) is 50.5 Å². The molecule has 1 aromatic rings. The topological polar surface area (TPSA) is 45.7 Å². The third kappa shape index (κ3) is 6.20. The van der Waals surface area contributed by atoms with Crippen LogP contribution >= 0.6 is 24.0 Å². The summed E-state index contributed by atoms with van der Waals surface area (Å²) in [6, 6.07) is 8.78. The molecule has 0 saturated heterocycles. The highest BCUT2D eigenvalue weighted by Crippen LogP contribution is 2.25. The molecule has 0 aromatic heterocycles. The third-order valence-electron chi connectivity index (χ3n) is 4.42. The summed E-state index contributed by atoms with van der Waals surface area (Å²) in [5.74, 6) is 2.22. The number of hydrogen-bond acceptors (Lipinski definition) is 2. The van der Waals surface area contributed by atoms with Crippen LogP contribution in [0.2, 0.25) is 0 Å². The molecule has 0 spiro atoms. The molecular weight excluding hydrogens is 401 g/mol. The maximum atomic E-state index is 5.45. The lowest BCUT2D eigenvalue weighted by atomic mass is 9.96. The average molecular weight is 431 g/mol. The van der Waals surface area contributed by atoms with Crippen molar-refractivity contribution in [2.24, 2.45) is 4.99 Å². The summed E-state index contributed by atoms with van der Waals surface area (Å²) in [5, 5.41) is 7.00. The Morgan fingerprint density at radius 1 is 1.26 bits per heavy atom. The van der Waals surface area contributed by atoms with Crippen LogP contribution in [0.4, 0.5) is 0 Å². The summed E-state index contributed by atoms with van der Waals surface area (Å²) in [6.07, 6.45) is 6.53. The number of ether oxygens (including phenoxy) is 1. The molecule has 2 rings (SSSR count). The van der Waals surface area contributed by atoms with Gasteiger partial charge in [-0.1, -0.05) is 44.4 Å². The van der Waals surface area contributed by atoms with E-state index in [4.69, 9.17) is 4.74 Å². The first kappa shape index (κ1) is 20.1. The highest BCUT2D eigenvalue weighted by molar-refractivity contribution is 14.0. The van der Waals surface area contributed by atoms with Crippen LogP contribution in [0, 0.1) is 0 Å². The van der Waals surface area contributed by atoms with Crippen molar-refractivity contribution in [3.63, 3.8) is 0 Å². The molecule has 2 N–H and O–H groups in total. The van der Waals surface area contributed by atoms with E-state index in [1.807, 2.05) is 19.2 Å². The van der Waals surface area contributed by atoms with Crippen LogP contribution in [-0.4, -0.2) is 32.7 Å². The van der Waals surface area contributed by atoms with E-state index in [9.17, 15) is 0 Å². The number of guanidine groups is 1. The summed E-state index contributed by atoms with van der Waals surface area (Å²) < 4.78 is 5.45. The molecule has 0 bridgehead atoms. The SMILES string of the molecule is CN=C(NCC(C)c1ccccc1OC)NC1CCCCC1.I. The second-order valence-corrected chi connectivity index (χ2v) is 6.08. The molecule has 23 heavy (non-hydrogen) atoms. The first-order valence-corrected chi connectivity index (χ1v) is 8.34. The van der Waals surface area contributed by atoms with Gasteiger partial charge in [0.25, 0.3) is 0 Å². The monoisotopic (exact) mass is 431 g/mol. The maximum absolute atomic E-state index is 5.45. The number of nitrogens with zero attached hydrogens (tertiary/aromatic N) is 1. The highest BCUT2D eigenvalue weighted by Gasteiger charge is 2.16. The summed E-state index contributed by atoms with van der Waals surface area (Å²) in [5.41, 5.74) is 1.23. The Kier molecular flexibility index (Phi) is 9.36. The minimum absolute atomic E-state index is 0. The van der Waals surface area contributed by atoms with Crippen molar-refractivity contribution in [1.29, 1.82) is 0 Å².